The molecule has 2 fully saturated rings. The van der Waals surface area contributed by atoms with Gasteiger partial charge in [0.1, 0.15) is 16.3 Å². The van der Waals surface area contributed by atoms with Gasteiger partial charge in [-0.1, -0.05) is 31.4 Å². The summed E-state index contributed by atoms with van der Waals surface area (Å²) in [6.07, 6.45) is 3.68. The lowest BCUT2D eigenvalue weighted by Crippen LogP contribution is -2.48. The number of rotatable bonds is 3. The van der Waals surface area contributed by atoms with Gasteiger partial charge >= 0.3 is 12.0 Å². The average Bonchev–Trinajstić information content (AvgIpc) is 2.85. The molecule has 2 amide bonds. The number of methoxy groups -OCH3 is 1. The summed E-state index contributed by atoms with van der Waals surface area (Å²) < 4.78 is 31.2. The molecule has 9 heteroatoms. The highest BCUT2D eigenvalue weighted by molar-refractivity contribution is 7.90. The number of carbonyl (C=O) groups excluding carboxylic acids is 2. The number of sulfonamides is 1. The monoisotopic (exact) mass is 365 g/mol. The van der Waals surface area contributed by atoms with Gasteiger partial charge in [-0.15, -0.1) is 0 Å². The first-order valence-electron chi connectivity index (χ1n) is 7.97. The summed E-state index contributed by atoms with van der Waals surface area (Å²) in [5.74, 6) is -1.10. The molecule has 1 aromatic carbocycles. The van der Waals surface area contributed by atoms with Crippen molar-refractivity contribution < 1.29 is 22.7 Å². The standard InChI is InChI=1S/C16H19N3O5S/c1-24-13(20)11-7-3-4-8-12(11)25(22,23)19-14(17)16(18-15(19)21)9-5-2-6-10-16/h3-4,7-8,17H,2,5-6,9-10H2,1H3,(H,18,21). The summed E-state index contributed by atoms with van der Waals surface area (Å²) >= 11 is 0. The molecule has 2 aliphatic rings. The highest BCUT2D eigenvalue weighted by atomic mass is 32.2. The first-order valence-corrected chi connectivity index (χ1v) is 9.41. The van der Waals surface area contributed by atoms with Gasteiger partial charge in [0.2, 0.25) is 0 Å². The molecule has 1 saturated carbocycles. The van der Waals surface area contributed by atoms with E-state index < -0.39 is 27.6 Å². The van der Waals surface area contributed by atoms with Gasteiger partial charge in [-0.05, 0) is 25.0 Å². The second kappa shape index (κ2) is 6.14. The molecular formula is C16H19N3O5S. The molecule has 0 radical (unpaired) electrons. The van der Waals surface area contributed by atoms with Crippen molar-refractivity contribution >= 4 is 27.9 Å². The van der Waals surface area contributed by atoms with Gasteiger partial charge in [0.05, 0.1) is 12.7 Å². The molecule has 25 heavy (non-hydrogen) atoms. The zero-order valence-electron chi connectivity index (χ0n) is 13.7. The van der Waals surface area contributed by atoms with E-state index in [1.165, 1.54) is 24.3 Å². The Kier molecular flexibility index (Phi) is 4.28. The third-order valence-electron chi connectivity index (χ3n) is 4.70. The number of benzene rings is 1. The summed E-state index contributed by atoms with van der Waals surface area (Å²) in [6, 6.07) is 4.64. The van der Waals surface area contributed by atoms with Crippen molar-refractivity contribution in [2.75, 3.05) is 7.11 Å². The molecule has 1 spiro atoms. The Hall–Kier alpha value is -2.42. The van der Waals surface area contributed by atoms with Crippen molar-refractivity contribution in [3.63, 3.8) is 0 Å². The molecule has 3 rings (SSSR count). The van der Waals surface area contributed by atoms with Crippen LogP contribution in [0.1, 0.15) is 42.5 Å². The number of carbonyl (C=O) groups is 2. The third kappa shape index (κ3) is 2.68. The van der Waals surface area contributed by atoms with Crippen molar-refractivity contribution in [1.82, 2.24) is 9.62 Å². The minimum absolute atomic E-state index is 0.171. The lowest BCUT2D eigenvalue weighted by molar-refractivity contribution is 0.0596. The number of hydrogen-bond donors (Lipinski definition) is 2. The maximum absolute atomic E-state index is 13.0. The first kappa shape index (κ1) is 17.4. The second-order valence-corrected chi connectivity index (χ2v) is 7.93. The molecule has 0 atom stereocenters. The van der Waals surface area contributed by atoms with Crippen LogP contribution in [0.15, 0.2) is 29.2 Å². The summed E-state index contributed by atoms with van der Waals surface area (Å²) in [4.78, 5) is 23.9. The Morgan fingerprint density at radius 2 is 1.88 bits per heavy atom. The fourth-order valence-corrected chi connectivity index (χ4v) is 4.98. The van der Waals surface area contributed by atoms with Crippen molar-refractivity contribution in [1.29, 1.82) is 5.41 Å². The van der Waals surface area contributed by atoms with Crippen LogP contribution in [0.2, 0.25) is 0 Å². The Bertz CT molecular complexity index is 843. The van der Waals surface area contributed by atoms with Crippen LogP contribution in [-0.2, 0) is 14.8 Å². The molecule has 2 N–H and O–H groups in total. The molecule has 8 nitrogen and oxygen atoms in total. The number of amides is 2. The molecule has 1 heterocycles. The number of esters is 1. The highest BCUT2D eigenvalue weighted by Crippen LogP contribution is 2.36. The molecule has 1 saturated heterocycles. The molecule has 0 bridgehead atoms. The van der Waals surface area contributed by atoms with Crippen molar-refractivity contribution in [2.45, 2.75) is 42.5 Å². The van der Waals surface area contributed by atoms with E-state index in [9.17, 15) is 18.0 Å². The Labute approximate surface area is 145 Å². The predicted octanol–water partition coefficient (Wildman–Crippen LogP) is 1.87. The van der Waals surface area contributed by atoms with Gasteiger partial charge in [-0.25, -0.2) is 18.0 Å². The fraction of sp³-hybridized carbons (Fsp3) is 0.438. The lowest BCUT2D eigenvalue weighted by atomic mass is 9.81. The van der Waals surface area contributed by atoms with Crippen LogP contribution in [0.3, 0.4) is 0 Å². The van der Waals surface area contributed by atoms with E-state index >= 15 is 0 Å². The van der Waals surface area contributed by atoms with Gasteiger partial charge in [0, 0.05) is 0 Å². The summed E-state index contributed by atoms with van der Waals surface area (Å²) in [6.45, 7) is 0. The van der Waals surface area contributed by atoms with Crippen molar-refractivity contribution in [2.24, 2.45) is 0 Å². The molecule has 1 aliphatic heterocycles. The fourth-order valence-electron chi connectivity index (χ4n) is 3.43. The molecule has 1 aliphatic carbocycles. The van der Waals surface area contributed by atoms with Gasteiger partial charge in [0.25, 0.3) is 10.0 Å². The molecular weight excluding hydrogens is 346 g/mol. The first-order chi connectivity index (χ1) is 11.8. The van der Waals surface area contributed by atoms with Crippen LogP contribution in [0.4, 0.5) is 4.79 Å². The van der Waals surface area contributed by atoms with Crippen molar-refractivity contribution in [3.8, 4) is 0 Å². The third-order valence-corrected chi connectivity index (χ3v) is 6.45. The van der Waals surface area contributed by atoms with E-state index in [-0.39, 0.29) is 16.3 Å². The van der Waals surface area contributed by atoms with Gasteiger partial charge < -0.3 is 10.1 Å². The van der Waals surface area contributed by atoms with E-state index in [0.717, 1.165) is 26.4 Å². The zero-order chi connectivity index (χ0) is 18.2. The number of urea groups is 1. The minimum Gasteiger partial charge on any atom is -0.465 e. The highest BCUT2D eigenvalue weighted by Gasteiger charge is 2.53. The van der Waals surface area contributed by atoms with Crippen LogP contribution in [-0.4, -0.2) is 43.2 Å². The van der Waals surface area contributed by atoms with E-state index in [1.807, 2.05) is 0 Å². The number of amidine groups is 1. The maximum Gasteiger partial charge on any atom is 0.339 e. The topological polar surface area (TPSA) is 117 Å². The van der Waals surface area contributed by atoms with Crippen LogP contribution >= 0.6 is 0 Å². The largest absolute Gasteiger partial charge is 0.465 e. The molecule has 0 unspecified atom stereocenters. The summed E-state index contributed by atoms with van der Waals surface area (Å²) in [5.41, 5.74) is -1.11. The van der Waals surface area contributed by atoms with Crippen molar-refractivity contribution in [3.05, 3.63) is 29.8 Å². The smallest absolute Gasteiger partial charge is 0.339 e. The van der Waals surface area contributed by atoms with E-state index in [2.05, 4.69) is 10.1 Å². The quantitative estimate of drug-likeness (QED) is 0.793. The number of ether oxygens (including phenoxy) is 1. The molecule has 134 valence electrons. The molecule has 1 aromatic rings. The summed E-state index contributed by atoms with van der Waals surface area (Å²) in [5, 5.41) is 11.0. The zero-order valence-corrected chi connectivity index (χ0v) is 14.6. The number of nitrogens with zero attached hydrogens (tertiary/aromatic N) is 1. The SMILES string of the molecule is COC(=O)c1ccccc1S(=O)(=O)N1C(=N)C2(CCCCC2)NC1=O. The van der Waals surface area contributed by atoms with Gasteiger partial charge in [-0.2, -0.15) is 4.31 Å². The average molecular weight is 365 g/mol. The van der Waals surface area contributed by atoms with E-state index in [4.69, 9.17) is 5.41 Å². The van der Waals surface area contributed by atoms with Crippen LogP contribution in [0, 0.1) is 5.41 Å². The number of hydrogen-bond acceptors (Lipinski definition) is 6. The summed E-state index contributed by atoms with van der Waals surface area (Å²) in [7, 11) is -3.26. The van der Waals surface area contributed by atoms with Gasteiger partial charge in [0.15, 0.2) is 0 Å². The minimum atomic E-state index is -4.40. The normalized spacial score (nSPS) is 19.8. The Morgan fingerprint density at radius 1 is 1.24 bits per heavy atom. The van der Waals surface area contributed by atoms with Crippen LogP contribution in [0.5, 0.6) is 0 Å². The van der Waals surface area contributed by atoms with Crippen LogP contribution < -0.4 is 5.32 Å². The second-order valence-electron chi connectivity index (χ2n) is 6.18. The molecule has 0 aromatic heterocycles. The van der Waals surface area contributed by atoms with E-state index in [1.54, 1.807) is 0 Å². The Morgan fingerprint density at radius 3 is 2.52 bits per heavy atom. The van der Waals surface area contributed by atoms with Gasteiger partial charge in [-0.3, -0.25) is 5.41 Å². The van der Waals surface area contributed by atoms with Crippen LogP contribution in [0.25, 0.3) is 0 Å². The Balaban J connectivity index is 2.05. The predicted molar refractivity (Wildman–Crippen MR) is 88.9 cm³/mol. The lowest BCUT2D eigenvalue weighted by Gasteiger charge is -2.32. The van der Waals surface area contributed by atoms with E-state index in [0.29, 0.717) is 17.1 Å². The maximum atomic E-state index is 13.0. The number of nitrogens with one attached hydrogen (secondary N) is 2.